The molecule has 1 aliphatic rings. The Kier molecular flexibility index (Phi) is 4.02. The van der Waals surface area contributed by atoms with E-state index in [-0.39, 0.29) is 30.8 Å². The molecule has 21 heavy (non-hydrogen) atoms. The molecule has 1 aliphatic heterocycles. The number of carbonyl (C=O) groups excluding carboxylic acids is 1. The van der Waals surface area contributed by atoms with Gasteiger partial charge in [-0.2, -0.15) is 0 Å². The molecule has 3 N–H and O–H groups in total. The fraction of sp³-hybridized carbons (Fsp3) is 0.429. The van der Waals surface area contributed by atoms with Crippen LogP contribution in [0.4, 0.5) is 10.1 Å². The first kappa shape index (κ1) is 15.1. The number of carbonyl (C=O) groups is 1. The molecule has 7 heteroatoms. The lowest BCUT2D eigenvalue weighted by Gasteiger charge is -2.20. The van der Waals surface area contributed by atoms with Gasteiger partial charge < -0.3 is 20.5 Å². The number of benzene rings is 1. The molecular weight excluding hydrogens is 277 g/mol. The molecule has 0 aromatic heterocycles. The van der Waals surface area contributed by atoms with Crippen molar-refractivity contribution in [1.29, 1.82) is 0 Å². The Morgan fingerprint density at radius 2 is 2.24 bits per heavy atom. The largest absolute Gasteiger partial charge is 0.478 e. The number of halogens is 1. The van der Waals surface area contributed by atoms with Crippen LogP contribution >= 0.6 is 0 Å². The van der Waals surface area contributed by atoms with Crippen LogP contribution < -0.4 is 15.8 Å². The van der Waals surface area contributed by atoms with Crippen molar-refractivity contribution in [3.8, 4) is 5.75 Å². The summed E-state index contributed by atoms with van der Waals surface area (Å²) in [6, 6.07) is 2.92. The van der Waals surface area contributed by atoms with E-state index >= 15 is 0 Å². The van der Waals surface area contributed by atoms with E-state index < -0.39 is 11.4 Å². The molecular formula is C14H18FN3O3. The van der Waals surface area contributed by atoms with Gasteiger partial charge in [0.25, 0.3) is 11.9 Å². The van der Waals surface area contributed by atoms with Crippen LogP contribution in [0.1, 0.15) is 26.3 Å². The van der Waals surface area contributed by atoms with Crippen LogP contribution in [0, 0.1) is 5.82 Å². The fourth-order valence-electron chi connectivity index (χ4n) is 1.82. The first-order valence-corrected chi connectivity index (χ1v) is 6.48. The molecule has 0 saturated heterocycles. The number of ether oxygens (including phenoxy) is 2. The van der Waals surface area contributed by atoms with Crippen molar-refractivity contribution in [3.63, 3.8) is 0 Å². The number of amidine groups is 1. The monoisotopic (exact) mass is 295 g/mol. The van der Waals surface area contributed by atoms with Crippen LogP contribution in [0.3, 0.4) is 0 Å². The molecule has 0 atom stereocenters. The topological polar surface area (TPSA) is 85.9 Å². The maximum absolute atomic E-state index is 13.9. The molecule has 6 nitrogen and oxygen atoms in total. The number of nitrogens with two attached hydrogens (primary N) is 1. The number of nitrogens with zero attached hydrogens (tertiary/aromatic N) is 1. The third kappa shape index (κ3) is 4.08. The normalized spacial score (nSPS) is 15.0. The van der Waals surface area contributed by atoms with Gasteiger partial charge in [-0.3, -0.25) is 4.79 Å². The Bertz CT molecular complexity index is 594. The van der Waals surface area contributed by atoms with Crippen molar-refractivity contribution in [2.45, 2.75) is 32.9 Å². The van der Waals surface area contributed by atoms with Gasteiger partial charge in [0, 0.05) is 0 Å². The average Bonchev–Trinajstić information content (AvgIpc) is 2.33. The maximum Gasteiger partial charge on any atom is 0.282 e. The second kappa shape index (κ2) is 5.59. The predicted molar refractivity (Wildman–Crippen MR) is 76.7 cm³/mol. The number of hydrogen-bond acceptors (Lipinski definition) is 4. The van der Waals surface area contributed by atoms with Crippen molar-refractivity contribution in [2.75, 3.05) is 11.9 Å². The molecule has 1 aromatic carbocycles. The first-order chi connectivity index (χ1) is 9.74. The molecule has 1 aromatic rings. The van der Waals surface area contributed by atoms with E-state index in [1.165, 1.54) is 6.07 Å². The highest BCUT2D eigenvalue weighted by molar-refractivity contribution is 5.95. The molecule has 0 saturated carbocycles. The molecule has 0 unspecified atom stereocenters. The van der Waals surface area contributed by atoms with Crippen molar-refractivity contribution >= 4 is 17.6 Å². The number of anilines is 1. The summed E-state index contributed by atoms with van der Waals surface area (Å²) in [7, 11) is 0. The smallest absolute Gasteiger partial charge is 0.282 e. The molecule has 114 valence electrons. The van der Waals surface area contributed by atoms with E-state index in [4.69, 9.17) is 15.2 Å². The van der Waals surface area contributed by atoms with Crippen LogP contribution in [0.2, 0.25) is 0 Å². The Labute approximate surface area is 122 Å². The number of nitrogens with one attached hydrogen (secondary N) is 1. The molecule has 1 heterocycles. The summed E-state index contributed by atoms with van der Waals surface area (Å²) in [6.45, 7) is 5.50. The molecule has 1 amide bonds. The highest BCUT2D eigenvalue weighted by Crippen LogP contribution is 2.32. The summed E-state index contributed by atoms with van der Waals surface area (Å²) in [5, 5.41) is 2.55. The fourth-order valence-corrected chi connectivity index (χ4v) is 1.82. The first-order valence-electron chi connectivity index (χ1n) is 6.48. The molecule has 0 bridgehead atoms. The minimum absolute atomic E-state index is 0.0286. The summed E-state index contributed by atoms with van der Waals surface area (Å²) in [6.07, 6.45) is 0. The zero-order valence-electron chi connectivity index (χ0n) is 12.2. The summed E-state index contributed by atoms with van der Waals surface area (Å²) in [4.78, 5) is 15.3. The minimum atomic E-state index is -0.548. The summed E-state index contributed by atoms with van der Waals surface area (Å²) in [5.41, 5.74) is 6.05. The number of fused-ring (bicyclic) bond motifs is 1. The predicted octanol–water partition coefficient (Wildman–Crippen LogP) is 1.79. The van der Waals surface area contributed by atoms with Gasteiger partial charge in [-0.25, -0.2) is 9.38 Å². The zero-order valence-corrected chi connectivity index (χ0v) is 12.2. The van der Waals surface area contributed by atoms with Gasteiger partial charge in [-0.1, -0.05) is 0 Å². The highest BCUT2D eigenvalue weighted by atomic mass is 19.1. The van der Waals surface area contributed by atoms with Crippen molar-refractivity contribution < 1.29 is 18.7 Å². The van der Waals surface area contributed by atoms with E-state index in [1.54, 1.807) is 6.07 Å². The van der Waals surface area contributed by atoms with Gasteiger partial charge in [0.2, 0.25) is 0 Å². The average molecular weight is 295 g/mol. The van der Waals surface area contributed by atoms with E-state index in [0.717, 1.165) is 0 Å². The van der Waals surface area contributed by atoms with Gasteiger partial charge in [0.1, 0.15) is 5.60 Å². The van der Waals surface area contributed by atoms with Crippen LogP contribution in [-0.2, 0) is 16.1 Å². The van der Waals surface area contributed by atoms with Crippen molar-refractivity contribution in [3.05, 3.63) is 23.5 Å². The van der Waals surface area contributed by atoms with E-state index in [1.807, 2.05) is 20.8 Å². The number of amides is 1. The molecule has 0 fully saturated rings. The van der Waals surface area contributed by atoms with E-state index in [2.05, 4.69) is 10.3 Å². The third-order valence-electron chi connectivity index (χ3n) is 2.55. The number of aliphatic imine (C=N–C) groups is 1. The lowest BCUT2D eigenvalue weighted by Crippen LogP contribution is -2.29. The van der Waals surface area contributed by atoms with Crippen LogP contribution in [0.5, 0.6) is 5.75 Å². The maximum atomic E-state index is 13.9. The Morgan fingerprint density at radius 1 is 1.52 bits per heavy atom. The van der Waals surface area contributed by atoms with Crippen LogP contribution in [-0.4, -0.2) is 24.1 Å². The molecule has 0 radical (unpaired) electrons. The summed E-state index contributed by atoms with van der Waals surface area (Å²) in [5.74, 6) is -0.826. The lowest BCUT2D eigenvalue weighted by molar-refractivity contribution is -0.118. The van der Waals surface area contributed by atoms with Crippen molar-refractivity contribution in [2.24, 2.45) is 10.7 Å². The summed E-state index contributed by atoms with van der Waals surface area (Å²) < 4.78 is 24.3. The third-order valence-corrected chi connectivity index (χ3v) is 2.55. The van der Waals surface area contributed by atoms with E-state index in [0.29, 0.717) is 11.3 Å². The molecule has 0 aliphatic carbocycles. The van der Waals surface area contributed by atoms with Gasteiger partial charge in [-0.05, 0) is 38.5 Å². The SMILES string of the molecule is CC(C)(C)OC(N)=NCc1cc(F)c2c(c1)NC(=O)CO2. The minimum Gasteiger partial charge on any atom is -0.478 e. The van der Waals surface area contributed by atoms with Crippen molar-refractivity contribution in [1.82, 2.24) is 0 Å². The molecule has 0 spiro atoms. The Morgan fingerprint density at radius 3 is 2.90 bits per heavy atom. The van der Waals surface area contributed by atoms with E-state index in [9.17, 15) is 9.18 Å². The van der Waals surface area contributed by atoms with Crippen LogP contribution in [0.15, 0.2) is 17.1 Å². The quantitative estimate of drug-likeness (QED) is 0.643. The summed E-state index contributed by atoms with van der Waals surface area (Å²) >= 11 is 0. The van der Waals surface area contributed by atoms with Gasteiger partial charge in [0.15, 0.2) is 18.2 Å². The standard InChI is InChI=1S/C14H18FN3O3/c1-14(2,3)21-13(16)17-6-8-4-9(15)12-10(5-8)18-11(19)7-20-12/h4-5H,6-7H2,1-3H3,(H2,16,17)(H,18,19). The highest BCUT2D eigenvalue weighted by Gasteiger charge is 2.20. The second-order valence-electron chi connectivity index (χ2n) is 5.66. The van der Waals surface area contributed by atoms with Gasteiger partial charge in [0.05, 0.1) is 12.2 Å². The Hall–Kier alpha value is -2.31. The zero-order chi connectivity index (χ0) is 15.6. The number of rotatable bonds is 2. The number of hydrogen-bond donors (Lipinski definition) is 2. The Balaban J connectivity index is 2.15. The van der Waals surface area contributed by atoms with Gasteiger partial charge >= 0.3 is 0 Å². The van der Waals surface area contributed by atoms with Gasteiger partial charge in [-0.15, -0.1) is 0 Å². The van der Waals surface area contributed by atoms with Crippen LogP contribution in [0.25, 0.3) is 0 Å². The second-order valence-corrected chi connectivity index (χ2v) is 5.66. The lowest BCUT2D eigenvalue weighted by atomic mass is 10.1. The molecule has 2 rings (SSSR count).